The molecule has 0 fully saturated rings. The number of aromatic nitrogens is 1. The van der Waals surface area contributed by atoms with Gasteiger partial charge in [-0.3, -0.25) is 0 Å². The summed E-state index contributed by atoms with van der Waals surface area (Å²) in [4.78, 5) is 0. The van der Waals surface area contributed by atoms with Crippen molar-refractivity contribution >= 4 is 0 Å². The first-order valence-electron chi connectivity index (χ1n) is 4.43. The van der Waals surface area contributed by atoms with E-state index in [1.54, 1.807) is 12.7 Å². The number of hydrogen-bond acceptors (Lipinski definition) is 1. The smallest absolute Gasteiger partial charge is 0.334 e. The van der Waals surface area contributed by atoms with Crippen LogP contribution in [-0.2, 0) is 6.54 Å². The van der Waals surface area contributed by atoms with Crippen molar-refractivity contribution in [1.29, 1.82) is 0 Å². The number of hydrogen-bond donors (Lipinski definition) is 0. The molecule has 2 rings (SSSR count). The Morgan fingerprint density at radius 2 is 2.00 bits per heavy atom. The second kappa shape index (κ2) is 3.44. The summed E-state index contributed by atoms with van der Waals surface area (Å²) in [5.41, 5.74) is 2.32. The first-order valence-corrected chi connectivity index (χ1v) is 4.43. The average molecular weight is 174 g/mol. The van der Waals surface area contributed by atoms with Gasteiger partial charge in [-0.2, -0.15) is 4.57 Å². The molecule has 0 aliphatic carbocycles. The Morgan fingerprint density at radius 3 is 2.69 bits per heavy atom. The van der Waals surface area contributed by atoms with Crippen molar-refractivity contribution in [2.24, 2.45) is 0 Å². The van der Waals surface area contributed by atoms with Crippen molar-refractivity contribution in [3.8, 4) is 11.3 Å². The molecular weight excluding hydrogens is 162 g/mol. The van der Waals surface area contributed by atoms with Gasteiger partial charge in [0.2, 0.25) is 0 Å². The zero-order chi connectivity index (χ0) is 9.10. The molecule has 1 heterocycles. The topological polar surface area (TPSA) is 17.0 Å². The molecule has 2 heteroatoms. The van der Waals surface area contributed by atoms with Gasteiger partial charge in [0.25, 0.3) is 5.69 Å². The summed E-state index contributed by atoms with van der Waals surface area (Å²) in [6.45, 7) is 3.03. The fourth-order valence-corrected chi connectivity index (χ4v) is 1.38. The first-order chi connectivity index (χ1) is 6.42. The van der Waals surface area contributed by atoms with Crippen LogP contribution in [0.2, 0.25) is 0 Å². The standard InChI is InChI=1S/C11H12NO/c1-2-12-9-13-8-11(12)10-6-4-3-5-7-10/h3-9H,2H2,1H3/q+1. The van der Waals surface area contributed by atoms with E-state index in [0.29, 0.717) is 0 Å². The van der Waals surface area contributed by atoms with Gasteiger partial charge >= 0.3 is 6.39 Å². The van der Waals surface area contributed by atoms with Crippen LogP contribution in [0.3, 0.4) is 0 Å². The maximum atomic E-state index is 5.15. The molecule has 0 aliphatic heterocycles. The second-order valence-electron chi connectivity index (χ2n) is 2.90. The van der Waals surface area contributed by atoms with E-state index in [1.165, 1.54) is 5.56 Å². The molecule has 66 valence electrons. The molecule has 0 unspecified atom stereocenters. The lowest BCUT2D eigenvalue weighted by molar-refractivity contribution is -0.686. The van der Waals surface area contributed by atoms with Crippen LogP contribution < -0.4 is 4.57 Å². The van der Waals surface area contributed by atoms with Gasteiger partial charge in [0.05, 0.1) is 0 Å². The van der Waals surface area contributed by atoms with Crippen molar-refractivity contribution < 1.29 is 8.98 Å². The molecule has 0 bridgehead atoms. The van der Waals surface area contributed by atoms with Gasteiger partial charge in [-0.05, 0) is 19.1 Å². The number of benzene rings is 1. The molecule has 13 heavy (non-hydrogen) atoms. The molecule has 0 saturated carbocycles. The van der Waals surface area contributed by atoms with Crippen LogP contribution in [-0.4, -0.2) is 0 Å². The van der Waals surface area contributed by atoms with Crippen LogP contribution in [0.15, 0.2) is 47.4 Å². The molecule has 0 radical (unpaired) electrons. The number of aryl methyl sites for hydroxylation is 1. The molecule has 0 atom stereocenters. The highest BCUT2D eigenvalue weighted by Gasteiger charge is 2.12. The highest BCUT2D eigenvalue weighted by atomic mass is 16.3. The quantitative estimate of drug-likeness (QED) is 0.638. The van der Waals surface area contributed by atoms with E-state index in [9.17, 15) is 0 Å². The van der Waals surface area contributed by atoms with Gasteiger partial charge in [0.15, 0.2) is 6.26 Å². The Labute approximate surface area is 77.4 Å². The maximum absolute atomic E-state index is 5.15. The minimum atomic E-state index is 0.931. The summed E-state index contributed by atoms with van der Waals surface area (Å²) >= 11 is 0. The van der Waals surface area contributed by atoms with Crippen LogP contribution in [0.25, 0.3) is 11.3 Å². The molecule has 2 aromatic rings. The summed E-state index contributed by atoms with van der Waals surface area (Å²) in [6, 6.07) is 10.2. The molecule has 0 N–H and O–H groups in total. The first kappa shape index (κ1) is 8.05. The number of rotatable bonds is 2. The van der Waals surface area contributed by atoms with Crippen LogP contribution in [0.1, 0.15) is 6.92 Å². The van der Waals surface area contributed by atoms with Crippen molar-refractivity contribution in [2.75, 3.05) is 0 Å². The van der Waals surface area contributed by atoms with E-state index in [1.807, 2.05) is 18.2 Å². The van der Waals surface area contributed by atoms with Gasteiger partial charge < -0.3 is 4.42 Å². The maximum Gasteiger partial charge on any atom is 0.334 e. The third-order valence-corrected chi connectivity index (χ3v) is 2.09. The lowest BCUT2D eigenvalue weighted by Crippen LogP contribution is -2.31. The predicted octanol–water partition coefficient (Wildman–Crippen LogP) is 2.25. The van der Waals surface area contributed by atoms with E-state index in [0.717, 1.165) is 12.2 Å². The summed E-state index contributed by atoms with van der Waals surface area (Å²) in [7, 11) is 0. The zero-order valence-electron chi connectivity index (χ0n) is 7.60. The number of nitrogens with zero attached hydrogens (tertiary/aromatic N) is 1. The van der Waals surface area contributed by atoms with Gasteiger partial charge in [0, 0.05) is 5.56 Å². The van der Waals surface area contributed by atoms with E-state index >= 15 is 0 Å². The molecule has 0 spiro atoms. The normalized spacial score (nSPS) is 10.2. The highest BCUT2D eigenvalue weighted by Crippen LogP contribution is 2.14. The average Bonchev–Trinajstić information content (AvgIpc) is 2.67. The van der Waals surface area contributed by atoms with Crippen LogP contribution in [0, 0.1) is 0 Å². The molecule has 1 aromatic carbocycles. The van der Waals surface area contributed by atoms with Gasteiger partial charge in [-0.15, -0.1) is 0 Å². The van der Waals surface area contributed by atoms with Crippen LogP contribution in [0.4, 0.5) is 0 Å². The minimum absolute atomic E-state index is 0.931. The molecule has 2 nitrogen and oxygen atoms in total. The molecule has 1 aromatic heterocycles. The molecule has 0 aliphatic rings. The third kappa shape index (κ3) is 1.47. The Bertz CT molecular complexity index is 378. The fraction of sp³-hybridized carbons (Fsp3) is 0.182. The lowest BCUT2D eigenvalue weighted by atomic mass is 10.2. The number of oxazole rings is 1. The van der Waals surface area contributed by atoms with E-state index in [4.69, 9.17) is 4.42 Å². The minimum Gasteiger partial charge on any atom is -0.412 e. The van der Waals surface area contributed by atoms with Gasteiger partial charge in [-0.25, -0.2) is 0 Å². The molecule has 0 amide bonds. The second-order valence-corrected chi connectivity index (χ2v) is 2.90. The molecular formula is C11H12NO+. The van der Waals surface area contributed by atoms with Crippen LogP contribution >= 0.6 is 0 Å². The highest BCUT2D eigenvalue weighted by molar-refractivity contribution is 5.54. The summed E-state index contributed by atoms with van der Waals surface area (Å²) in [5, 5.41) is 0. The summed E-state index contributed by atoms with van der Waals surface area (Å²) in [5.74, 6) is 0. The molecule has 0 saturated heterocycles. The van der Waals surface area contributed by atoms with Crippen molar-refractivity contribution in [3.05, 3.63) is 43.0 Å². The van der Waals surface area contributed by atoms with E-state index in [2.05, 4.69) is 23.6 Å². The largest absolute Gasteiger partial charge is 0.412 e. The Morgan fingerprint density at radius 1 is 1.23 bits per heavy atom. The Hall–Kier alpha value is -1.57. The van der Waals surface area contributed by atoms with Crippen molar-refractivity contribution in [1.82, 2.24) is 0 Å². The van der Waals surface area contributed by atoms with Crippen LogP contribution in [0.5, 0.6) is 0 Å². The lowest BCUT2D eigenvalue weighted by Gasteiger charge is -1.93. The van der Waals surface area contributed by atoms with E-state index < -0.39 is 0 Å². The predicted molar refractivity (Wildman–Crippen MR) is 50.0 cm³/mol. The monoisotopic (exact) mass is 174 g/mol. The van der Waals surface area contributed by atoms with E-state index in [-0.39, 0.29) is 0 Å². The summed E-state index contributed by atoms with van der Waals surface area (Å²) < 4.78 is 7.23. The van der Waals surface area contributed by atoms with Gasteiger partial charge in [0.1, 0.15) is 6.54 Å². The van der Waals surface area contributed by atoms with Crippen molar-refractivity contribution in [2.45, 2.75) is 13.5 Å². The zero-order valence-corrected chi connectivity index (χ0v) is 7.60. The Kier molecular flexibility index (Phi) is 2.13. The van der Waals surface area contributed by atoms with Gasteiger partial charge in [-0.1, -0.05) is 18.2 Å². The fourth-order valence-electron chi connectivity index (χ4n) is 1.38. The SMILES string of the molecule is CC[n+]1cocc1-c1ccccc1. The summed E-state index contributed by atoms with van der Waals surface area (Å²) in [6.07, 6.45) is 3.52. The Balaban J connectivity index is 2.47. The third-order valence-electron chi connectivity index (χ3n) is 2.09. The van der Waals surface area contributed by atoms with Crippen molar-refractivity contribution in [3.63, 3.8) is 0 Å².